The summed E-state index contributed by atoms with van der Waals surface area (Å²) in [4.78, 5) is 12.9. The molecule has 1 aromatic rings. The molecule has 1 saturated heterocycles. The Labute approximate surface area is 112 Å². The largest absolute Gasteiger partial charge is 0.386 e. The Morgan fingerprint density at radius 2 is 1.85 bits per heavy atom. The molecule has 1 aromatic carbocycles. The summed E-state index contributed by atoms with van der Waals surface area (Å²) in [5.41, 5.74) is -1.92. The third-order valence-corrected chi connectivity index (χ3v) is 3.31. The van der Waals surface area contributed by atoms with Crippen molar-refractivity contribution in [3.05, 3.63) is 34.9 Å². The minimum absolute atomic E-state index is 0.0419. The third-order valence-electron chi connectivity index (χ3n) is 3.31. The summed E-state index contributed by atoms with van der Waals surface area (Å²) in [6.07, 6.45) is 1.16. The SMILES string of the molecule is CCCC1(O)CN(C(=O)c2cc(F)c(F)c(F)c2F)C1. The highest BCUT2D eigenvalue weighted by atomic mass is 19.2. The topological polar surface area (TPSA) is 40.5 Å². The number of hydrogen-bond acceptors (Lipinski definition) is 2. The van der Waals surface area contributed by atoms with Gasteiger partial charge in [-0.2, -0.15) is 0 Å². The van der Waals surface area contributed by atoms with Crippen molar-refractivity contribution >= 4 is 5.91 Å². The molecular weight excluding hydrogens is 278 g/mol. The first-order valence-electron chi connectivity index (χ1n) is 6.13. The predicted molar refractivity (Wildman–Crippen MR) is 62.0 cm³/mol. The first-order valence-corrected chi connectivity index (χ1v) is 6.13. The molecule has 3 nitrogen and oxygen atoms in total. The van der Waals surface area contributed by atoms with E-state index in [2.05, 4.69) is 0 Å². The van der Waals surface area contributed by atoms with Crippen molar-refractivity contribution < 1.29 is 27.5 Å². The van der Waals surface area contributed by atoms with Gasteiger partial charge in [0.15, 0.2) is 23.3 Å². The van der Waals surface area contributed by atoms with E-state index in [4.69, 9.17) is 0 Å². The molecule has 0 atom stereocenters. The van der Waals surface area contributed by atoms with Crippen LogP contribution in [0, 0.1) is 23.3 Å². The molecule has 0 aromatic heterocycles. The second-order valence-electron chi connectivity index (χ2n) is 4.98. The highest BCUT2D eigenvalue weighted by Crippen LogP contribution is 2.28. The molecule has 1 amide bonds. The minimum Gasteiger partial charge on any atom is -0.386 e. The number of β-amino-alcohol motifs (C(OH)–C–C–N with tert-alkyl or cyclic N) is 1. The van der Waals surface area contributed by atoms with E-state index in [-0.39, 0.29) is 13.1 Å². The summed E-state index contributed by atoms with van der Waals surface area (Å²) < 4.78 is 52.4. The van der Waals surface area contributed by atoms with E-state index in [0.29, 0.717) is 18.9 Å². The van der Waals surface area contributed by atoms with Gasteiger partial charge in [0, 0.05) is 0 Å². The fourth-order valence-corrected chi connectivity index (χ4v) is 2.33. The van der Waals surface area contributed by atoms with Crippen LogP contribution in [0.3, 0.4) is 0 Å². The molecular formula is C13H13F4NO2. The number of likely N-dealkylation sites (tertiary alicyclic amines) is 1. The molecule has 1 N–H and O–H groups in total. The lowest BCUT2D eigenvalue weighted by molar-refractivity contribution is -0.0861. The Kier molecular flexibility index (Phi) is 3.73. The van der Waals surface area contributed by atoms with E-state index >= 15 is 0 Å². The maximum atomic E-state index is 13.5. The average Bonchev–Trinajstić information content (AvgIpc) is 2.37. The molecule has 0 bridgehead atoms. The standard InChI is InChI=1S/C13H13F4NO2/c1-2-3-13(20)5-18(6-13)12(19)7-4-8(14)10(16)11(17)9(7)15/h4,20H,2-3,5-6H2,1H3. The van der Waals surface area contributed by atoms with E-state index in [1.54, 1.807) is 0 Å². The van der Waals surface area contributed by atoms with Crippen molar-refractivity contribution in [3.63, 3.8) is 0 Å². The van der Waals surface area contributed by atoms with Crippen molar-refractivity contribution in [2.45, 2.75) is 25.4 Å². The van der Waals surface area contributed by atoms with E-state index in [0.717, 1.165) is 4.90 Å². The second-order valence-corrected chi connectivity index (χ2v) is 4.98. The number of halogens is 4. The molecule has 110 valence electrons. The molecule has 1 heterocycles. The van der Waals surface area contributed by atoms with Gasteiger partial charge < -0.3 is 10.0 Å². The molecule has 0 unspecified atom stereocenters. The summed E-state index contributed by atoms with van der Waals surface area (Å²) in [6.45, 7) is 1.77. The van der Waals surface area contributed by atoms with E-state index < -0.39 is 40.3 Å². The van der Waals surface area contributed by atoms with Crippen LogP contribution in [0.1, 0.15) is 30.1 Å². The number of carbonyl (C=O) groups is 1. The van der Waals surface area contributed by atoms with Gasteiger partial charge in [0.05, 0.1) is 24.3 Å². The van der Waals surface area contributed by atoms with Crippen LogP contribution < -0.4 is 0 Å². The lowest BCUT2D eigenvalue weighted by atomic mass is 9.88. The normalized spacial score (nSPS) is 17.0. The first kappa shape index (κ1) is 14.8. The Hall–Kier alpha value is -1.63. The zero-order valence-corrected chi connectivity index (χ0v) is 10.7. The van der Waals surface area contributed by atoms with Crippen LogP contribution in [-0.2, 0) is 0 Å². The maximum absolute atomic E-state index is 13.5. The van der Waals surface area contributed by atoms with Crippen molar-refractivity contribution in [1.29, 1.82) is 0 Å². The zero-order chi connectivity index (χ0) is 15.1. The second kappa shape index (κ2) is 5.05. The van der Waals surface area contributed by atoms with Crippen LogP contribution in [0.5, 0.6) is 0 Å². The van der Waals surface area contributed by atoms with Gasteiger partial charge in [-0.15, -0.1) is 0 Å². The first-order chi connectivity index (χ1) is 9.29. The van der Waals surface area contributed by atoms with Gasteiger partial charge in [0.25, 0.3) is 5.91 Å². The summed E-state index contributed by atoms with van der Waals surface area (Å²) in [5, 5.41) is 9.90. The highest BCUT2D eigenvalue weighted by Gasteiger charge is 2.43. The molecule has 1 aliphatic heterocycles. The summed E-state index contributed by atoms with van der Waals surface area (Å²) in [5.74, 6) is -8.29. The lowest BCUT2D eigenvalue weighted by Gasteiger charge is -2.46. The van der Waals surface area contributed by atoms with E-state index in [1.807, 2.05) is 6.92 Å². The number of hydrogen-bond donors (Lipinski definition) is 1. The van der Waals surface area contributed by atoms with Gasteiger partial charge in [0.1, 0.15) is 0 Å². The molecule has 0 aliphatic carbocycles. The van der Waals surface area contributed by atoms with Crippen molar-refractivity contribution in [1.82, 2.24) is 4.90 Å². The van der Waals surface area contributed by atoms with Crippen LogP contribution in [0.4, 0.5) is 17.6 Å². The quantitative estimate of drug-likeness (QED) is 0.527. The van der Waals surface area contributed by atoms with Gasteiger partial charge in [-0.25, -0.2) is 17.6 Å². The van der Waals surface area contributed by atoms with Crippen LogP contribution in [-0.4, -0.2) is 34.6 Å². The van der Waals surface area contributed by atoms with Crippen LogP contribution in [0.25, 0.3) is 0 Å². The number of rotatable bonds is 3. The van der Waals surface area contributed by atoms with Gasteiger partial charge in [-0.05, 0) is 12.5 Å². The Morgan fingerprint density at radius 3 is 2.40 bits per heavy atom. The third kappa shape index (κ3) is 2.37. The van der Waals surface area contributed by atoms with E-state index in [1.165, 1.54) is 0 Å². The van der Waals surface area contributed by atoms with Crippen LogP contribution in [0.2, 0.25) is 0 Å². The Balaban J connectivity index is 2.20. The van der Waals surface area contributed by atoms with Crippen LogP contribution in [0.15, 0.2) is 6.07 Å². The van der Waals surface area contributed by atoms with E-state index in [9.17, 15) is 27.5 Å². The van der Waals surface area contributed by atoms with Gasteiger partial charge in [-0.3, -0.25) is 4.79 Å². The van der Waals surface area contributed by atoms with Crippen molar-refractivity contribution in [2.75, 3.05) is 13.1 Å². The molecule has 0 spiro atoms. The number of benzene rings is 1. The number of nitrogens with zero attached hydrogens (tertiary/aromatic N) is 1. The number of carbonyl (C=O) groups excluding carboxylic acids is 1. The molecule has 20 heavy (non-hydrogen) atoms. The molecule has 0 saturated carbocycles. The molecule has 1 aliphatic rings. The summed E-state index contributed by atoms with van der Waals surface area (Å²) in [6, 6.07) is 0.327. The Morgan fingerprint density at radius 1 is 1.25 bits per heavy atom. The smallest absolute Gasteiger partial charge is 0.257 e. The number of amides is 1. The zero-order valence-electron chi connectivity index (χ0n) is 10.7. The lowest BCUT2D eigenvalue weighted by Crippen LogP contribution is -2.63. The van der Waals surface area contributed by atoms with Gasteiger partial charge >= 0.3 is 0 Å². The monoisotopic (exact) mass is 291 g/mol. The van der Waals surface area contributed by atoms with Gasteiger partial charge in [-0.1, -0.05) is 13.3 Å². The number of aliphatic hydroxyl groups is 1. The van der Waals surface area contributed by atoms with Crippen LogP contribution >= 0.6 is 0 Å². The fraction of sp³-hybridized carbons (Fsp3) is 0.462. The average molecular weight is 291 g/mol. The molecule has 2 rings (SSSR count). The maximum Gasteiger partial charge on any atom is 0.257 e. The van der Waals surface area contributed by atoms with Crippen molar-refractivity contribution in [2.24, 2.45) is 0 Å². The Bertz CT molecular complexity index is 556. The molecule has 7 heteroatoms. The summed E-state index contributed by atoms with van der Waals surface area (Å²) in [7, 11) is 0. The fourth-order valence-electron chi connectivity index (χ4n) is 2.33. The highest BCUT2D eigenvalue weighted by molar-refractivity contribution is 5.95. The predicted octanol–water partition coefficient (Wildman–Crippen LogP) is 2.23. The molecule has 1 fully saturated rings. The summed E-state index contributed by atoms with van der Waals surface area (Å²) >= 11 is 0. The molecule has 0 radical (unpaired) electrons. The van der Waals surface area contributed by atoms with Crippen molar-refractivity contribution in [3.8, 4) is 0 Å². The minimum atomic E-state index is -2.02. The van der Waals surface area contributed by atoms with Gasteiger partial charge in [0.2, 0.25) is 0 Å².